The normalized spacial score (nSPS) is 10.8. The minimum Gasteiger partial charge on any atom is -0.469 e. The lowest BCUT2D eigenvalue weighted by molar-refractivity contribution is 0.535. The van der Waals surface area contributed by atoms with Crippen LogP contribution in [0.4, 0.5) is 5.95 Å². The summed E-state index contributed by atoms with van der Waals surface area (Å²) in [5, 5.41) is 5.32. The van der Waals surface area contributed by atoms with Gasteiger partial charge in [0.1, 0.15) is 5.76 Å². The third-order valence-corrected chi connectivity index (χ3v) is 4.62. The number of nitrogens with one attached hydrogen (secondary N) is 1. The van der Waals surface area contributed by atoms with Gasteiger partial charge in [-0.05, 0) is 24.4 Å². The van der Waals surface area contributed by atoms with Gasteiger partial charge in [-0.25, -0.2) is 9.97 Å². The van der Waals surface area contributed by atoms with Gasteiger partial charge in [-0.2, -0.15) is 0 Å². The highest BCUT2D eigenvalue weighted by atomic mass is 32.1. The molecule has 1 N–H and O–H groups in total. The summed E-state index contributed by atoms with van der Waals surface area (Å²) in [5.74, 6) is 1.37. The van der Waals surface area contributed by atoms with E-state index in [1.807, 2.05) is 19.1 Å². The highest BCUT2D eigenvalue weighted by Gasteiger charge is 2.16. The Morgan fingerprint density at radius 2 is 2.08 bits per heavy atom. The molecule has 0 fully saturated rings. The Balaban J connectivity index is 1.73. The summed E-state index contributed by atoms with van der Waals surface area (Å²) in [6.07, 6.45) is 8.44. The third kappa shape index (κ3) is 3.27. The molecule has 4 heterocycles. The average molecular weight is 349 g/mol. The van der Waals surface area contributed by atoms with Gasteiger partial charge in [0.2, 0.25) is 5.95 Å². The lowest BCUT2D eigenvalue weighted by Crippen LogP contribution is -2.04. The van der Waals surface area contributed by atoms with Gasteiger partial charge in [0.25, 0.3) is 0 Å². The zero-order valence-corrected chi connectivity index (χ0v) is 14.3. The second kappa shape index (κ2) is 6.82. The van der Waals surface area contributed by atoms with E-state index in [9.17, 15) is 0 Å². The minimum atomic E-state index is 0.566. The number of aryl methyl sites for hydroxylation is 1. The summed E-state index contributed by atoms with van der Waals surface area (Å²) >= 11 is 1.70. The Hall–Kier alpha value is -3.06. The molecule has 0 unspecified atom stereocenters. The summed E-state index contributed by atoms with van der Waals surface area (Å²) in [5.41, 5.74) is 3.24. The fourth-order valence-electron chi connectivity index (χ4n) is 2.51. The first kappa shape index (κ1) is 15.5. The largest absolute Gasteiger partial charge is 0.469 e. The number of anilines is 1. The van der Waals surface area contributed by atoms with Gasteiger partial charge in [-0.1, -0.05) is 6.07 Å². The number of hydrogen-bond acceptors (Lipinski definition) is 7. The lowest BCUT2D eigenvalue weighted by Gasteiger charge is -2.10. The molecule has 7 heteroatoms. The average Bonchev–Trinajstić information content (AvgIpc) is 3.32. The molecule has 0 amide bonds. The van der Waals surface area contributed by atoms with E-state index in [1.165, 1.54) is 4.88 Å². The second-order valence-corrected chi connectivity index (χ2v) is 6.40. The van der Waals surface area contributed by atoms with Crippen LogP contribution in [-0.2, 0) is 6.54 Å². The Morgan fingerprint density at radius 1 is 1.12 bits per heavy atom. The number of furan rings is 1. The van der Waals surface area contributed by atoms with E-state index in [2.05, 4.69) is 31.7 Å². The Kier molecular flexibility index (Phi) is 4.22. The van der Waals surface area contributed by atoms with Crippen molar-refractivity contribution in [3.05, 3.63) is 65.3 Å². The van der Waals surface area contributed by atoms with Crippen molar-refractivity contribution in [2.45, 2.75) is 13.5 Å². The summed E-state index contributed by atoms with van der Waals surface area (Å²) < 4.78 is 5.45. The van der Waals surface area contributed by atoms with Crippen molar-refractivity contribution in [1.82, 2.24) is 19.9 Å². The van der Waals surface area contributed by atoms with E-state index < -0.39 is 0 Å². The van der Waals surface area contributed by atoms with Crippen molar-refractivity contribution in [3.8, 4) is 22.5 Å². The highest BCUT2D eigenvalue weighted by Crippen LogP contribution is 2.32. The fraction of sp³-hybridized carbons (Fsp3) is 0.111. The molecule has 0 radical (unpaired) electrons. The molecular formula is C18H15N5OS. The molecule has 6 nitrogen and oxygen atoms in total. The van der Waals surface area contributed by atoms with E-state index in [0.717, 1.165) is 28.3 Å². The Morgan fingerprint density at radius 3 is 2.80 bits per heavy atom. The highest BCUT2D eigenvalue weighted by molar-refractivity contribution is 7.09. The maximum Gasteiger partial charge on any atom is 0.223 e. The van der Waals surface area contributed by atoms with Gasteiger partial charge in [-0.15, -0.1) is 11.3 Å². The minimum absolute atomic E-state index is 0.566. The van der Waals surface area contributed by atoms with Crippen LogP contribution < -0.4 is 5.32 Å². The molecule has 0 saturated heterocycles. The van der Waals surface area contributed by atoms with Gasteiger partial charge in [-0.3, -0.25) is 9.97 Å². The molecule has 4 aromatic heterocycles. The molecule has 0 aliphatic heterocycles. The molecule has 4 aromatic rings. The van der Waals surface area contributed by atoms with Crippen LogP contribution in [0.15, 0.2) is 59.0 Å². The molecule has 0 bridgehead atoms. The first-order chi connectivity index (χ1) is 12.3. The maximum absolute atomic E-state index is 5.45. The van der Waals surface area contributed by atoms with Crippen molar-refractivity contribution in [2.24, 2.45) is 0 Å². The molecule has 0 spiro atoms. The molecule has 25 heavy (non-hydrogen) atoms. The van der Waals surface area contributed by atoms with E-state index in [4.69, 9.17) is 9.40 Å². The summed E-state index contributed by atoms with van der Waals surface area (Å²) in [4.78, 5) is 18.9. The summed E-state index contributed by atoms with van der Waals surface area (Å²) in [6.45, 7) is 2.60. The first-order valence-corrected chi connectivity index (χ1v) is 8.63. The predicted octanol–water partition coefficient (Wildman–Crippen LogP) is 4.18. The number of hydrogen-bond donors (Lipinski definition) is 1. The zero-order chi connectivity index (χ0) is 17.1. The zero-order valence-electron chi connectivity index (χ0n) is 13.5. The Bertz CT molecular complexity index is 966. The van der Waals surface area contributed by atoms with Crippen LogP contribution in [-0.4, -0.2) is 19.9 Å². The van der Waals surface area contributed by atoms with Gasteiger partial charge in [0.05, 0.1) is 30.4 Å². The third-order valence-electron chi connectivity index (χ3n) is 3.74. The van der Waals surface area contributed by atoms with Gasteiger partial charge in [0, 0.05) is 34.6 Å². The second-order valence-electron chi connectivity index (χ2n) is 5.37. The van der Waals surface area contributed by atoms with E-state index >= 15 is 0 Å². The number of rotatable bonds is 5. The molecule has 0 atom stereocenters. The topological polar surface area (TPSA) is 76.7 Å². The summed E-state index contributed by atoms with van der Waals surface area (Å²) in [7, 11) is 0. The van der Waals surface area contributed by atoms with Gasteiger partial charge >= 0.3 is 0 Å². The molecular weight excluding hydrogens is 334 g/mol. The predicted molar refractivity (Wildman–Crippen MR) is 97.1 cm³/mol. The SMILES string of the molecule is Cc1occc1-c1nc(NCc2cccs2)ncc1-c1cnccn1. The van der Waals surface area contributed by atoms with Gasteiger partial charge < -0.3 is 9.73 Å². The van der Waals surface area contributed by atoms with Crippen molar-refractivity contribution < 1.29 is 4.42 Å². The van der Waals surface area contributed by atoms with Crippen molar-refractivity contribution in [3.63, 3.8) is 0 Å². The van der Waals surface area contributed by atoms with Crippen LogP contribution in [0.5, 0.6) is 0 Å². The van der Waals surface area contributed by atoms with Crippen molar-refractivity contribution >= 4 is 17.3 Å². The van der Waals surface area contributed by atoms with Crippen LogP contribution in [0, 0.1) is 6.92 Å². The lowest BCUT2D eigenvalue weighted by atomic mass is 10.1. The van der Waals surface area contributed by atoms with E-state index in [-0.39, 0.29) is 0 Å². The summed E-state index contributed by atoms with van der Waals surface area (Å²) in [6, 6.07) is 6.01. The molecule has 124 valence electrons. The van der Waals surface area contributed by atoms with Crippen molar-refractivity contribution in [1.29, 1.82) is 0 Å². The molecule has 0 aliphatic rings. The van der Waals surface area contributed by atoms with E-state index in [0.29, 0.717) is 12.5 Å². The monoisotopic (exact) mass is 349 g/mol. The quantitative estimate of drug-likeness (QED) is 0.582. The number of aromatic nitrogens is 4. The van der Waals surface area contributed by atoms with Crippen LogP contribution in [0.2, 0.25) is 0 Å². The van der Waals surface area contributed by atoms with Crippen molar-refractivity contribution in [2.75, 3.05) is 5.32 Å². The van der Waals surface area contributed by atoms with Crippen LogP contribution >= 0.6 is 11.3 Å². The standard InChI is InChI=1S/C18H15N5OS/c1-12-14(4-7-24-12)17-15(16-11-19-5-6-20-16)10-22-18(23-17)21-9-13-3-2-8-25-13/h2-8,10-11H,9H2,1H3,(H,21,22,23). The van der Waals surface area contributed by atoms with Crippen LogP contribution in [0.1, 0.15) is 10.6 Å². The van der Waals surface area contributed by atoms with E-state index in [1.54, 1.807) is 42.4 Å². The fourth-order valence-corrected chi connectivity index (χ4v) is 3.15. The smallest absolute Gasteiger partial charge is 0.223 e. The first-order valence-electron chi connectivity index (χ1n) is 7.75. The molecule has 4 rings (SSSR count). The number of thiophene rings is 1. The molecule has 0 aliphatic carbocycles. The van der Waals surface area contributed by atoms with Gasteiger partial charge in [0.15, 0.2) is 0 Å². The Labute approximate surface area is 148 Å². The van der Waals surface area contributed by atoms with Crippen LogP contribution in [0.3, 0.4) is 0 Å². The maximum atomic E-state index is 5.45. The molecule has 0 aromatic carbocycles. The molecule has 0 saturated carbocycles. The van der Waals surface area contributed by atoms with Crippen LogP contribution in [0.25, 0.3) is 22.5 Å². The number of nitrogens with zero attached hydrogens (tertiary/aromatic N) is 4.